The van der Waals surface area contributed by atoms with Crippen molar-refractivity contribution in [3.05, 3.63) is 71.7 Å². The molecule has 0 saturated carbocycles. The van der Waals surface area contributed by atoms with Crippen LogP contribution < -0.4 is 37.9 Å². The van der Waals surface area contributed by atoms with Gasteiger partial charge in [-0.2, -0.15) is 4.39 Å². The van der Waals surface area contributed by atoms with Crippen LogP contribution in [0.2, 0.25) is 0 Å². The van der Waals surface area contributed by atoms with E-state index in [0.717, 1.165) is 12.8 Å². The van der Waals surface area contributed by atoms with E-state index in [1.807, 2.05) is 0 Å². The summed E-state index contributed by atoms with van der Waals surface area (Å²) in [6.45, 7) is 0.367. The van der Waals surface area contributed by atoms with Crippen molar-refractivity contribution in [3.8, 4) is 17.0 Å². The minimum atomic E-state index is -1.11. The molecular weight excluding hydrogens is 588 g/mol. The summed E-state index contributed by atoms with van der Waals surface area (Å²) in [5, 5.41) is 18.6. The molecule has 2 aromatic carbocycles. The molecule has 0 aliphatic carbocycles. The predicted molar refractivity (Wildman–Crippen MR) is 165 cm³/mol. The summed E-state index contributed by atoms with van der Waals surface area (Å²) in [5.41, 5.74) is 19.2. The molecule has 0 bridgehead atoms. The van der Waals surface area contributed by atoms with E-state index in [1.165, 1.54) is 31.6 Å². The van der Waals surface area contributed by atoms with Crippen molar-refractivity contribution in [1.82, 2.24) is 25.0 Å². The summed E-state index contributed by atoms with van der Waals surface area (Å²) >= 11 is 0. The van der Waals surface area contributed by atoms with Gasteiger partial charge in [0.25, 0.3) is 5.91 Å². The van der Waals surface area contributed by atoms with Crippen LogP contribution in [0.1, 0.15) is 35.2 Å². The second-order valence-electron chi connectivity index (χ2n) is 10.3. The molecule has 0 saturated heterocycles. The van der Waals surface area contributed by atoms with Crippen LogP contribution in [0.4, 0.5) is 20.3 Å². The van der Waals surface area contributed by atoms with E-state index in [1.54, 1.807) is 28.8 Å². The van der Waals surface area contributed by atoms with Crippen molar-refractivity contribution in [2.24, 2.45) is 17.2 Å². The van der Waals surface area contributed by atoms with Crippen LogP contribution in [0.25, 0.3) is 16.9 Å². The van der Waals surface area contributed by atoms with Gasteiger partial charge in [-0.1, -0.05) is 6.42 Å². The third kappa shape index (κ3) is 7.88. The summed E-state index contributed by atoms with van der Waals surface area (Å²) in [6.07, 6.45) is 5.41. The van der Waals surface area contributed by atoms with Crippen LogP contribution in [-0.4, -0.2) is 70.2 Å². The van der Waals surface area contributed by atoms with Crippen molar-refractivity contribution in [2.45, 2.75) is 38.0 Å². The molecule has 1 unspecified atom stereocenters. The lowest BCUT2D eigenvalue weighted by atomic mass is 10.1. The Hall–Kier alpha value is -4.70. The van der Waals surface area contributed by atoms with E-state index in [2.05, 4.69) is 25.9 Å². The number of hydrogen-bond acceptors (Lipinski definition) is 10. The van der Waals surface area contributed by atoms with Crippen LogP contribution in [0.5, 0.6) is 5.75 Å². The number of anilines is 2. The molecule has 0 spiro atoms. The van der Waals surface area contributed by atoms with E-state index >= 15 is 0 Å². The SMILES string of the molecule is COc1ccc(-c2cnc3c(Nc4ccc(C(=O)NCC(O)CNC(=O)[C@@H](N)CCCCN)c(CN)c4)nccn23)c(F)c1F. The highest BCUT2D eigenvalue weighted by Gasteiger charge is 2.20. The number of nitrogens with zero attached hydrogens (tertiary/aromatic N) is 3. The fraction of sp³-hybridized carbons (Fsp3) is 0.333. The van der Waals surface area contributed by atoms with E-state index in [9.17, 15) is 23.5 Å². The van der Waals surface area contributed by atoms with Crippen molar-refractivity contribution in [2.75, 3.05) is 32.1 Å². The minimum absolute atomic E-state index is 0.00636. The van der Waals surface area contributed by atoms with Crippen LogP contribution in [0.15, 0.2) is 48.9 Å². The Morgan fingerprint density at radius 1 is 1.07 bits per heavy atom. The van der Waals surface area contributed by atoms with Gasteiger partial charge in [0, 0.05) is 48.8 Å². The number of aliphatic hydroxyl groups excluding tert-OH is 1. The maximum absolute atomic E-state index is 14.8. The molecule has 13 nitrogen and oxygen atoms in total. The van der Waals surface area contributed by atoms with Crippen LogP contribution in [0, 0.1) is 11.6 Å². The Morgan fingerprint density at radius 3 is 2.58 bits per heavy atom. The lowest BCUT2D eigenvalue weighted by molar-refractivity contribution is -0.122. The highest BCUT2D eigenvalue weighted by molar-refractivity contribution is 5.96. The monoisotopic (exact) mass is 625 g/mol. The van der Waals surface area contributed by atoms with E-state index in [-0.39, 0.29) is 36.9 Å². The lowest BCUT2D eigenvalue weighted by Crippen LogP contribution is -2.45. The maximum Gasteiger partial charge on any atom is 0.251 e. The van der Waals surface area contributed by atoms with Crippen LogP contribution in [-0.2, 0) is 11.3 Å². The standard InChI is InChI=1S/C30H37F2N9O4/c1-45-24-8-7-21(25(31)26(24)32)23-16-37-28-27(36-10-11-41(23)28)40-18-5-6-20(17(12-18)13-34)29(43)38-14-19(42)15-39-30(44)22(35)4-2-3-9-33/h5-8,10-12,16,19,22,42H,2-4,9,13-15,33-35H2,1H3,(H,36,40)(H,38,43)(H,39,44)/t19?,22-/m0/s1. The van der Waals surface area contributed by atoms with Gasteiger partial charge in [-0.05, 0) is 55.3 Å². The summed E-state index contributed by atoms with van der Waals surface area (Å²) in [7, 11) is 1.25. The number of nitrogens with two attached hydrogens (primary N) is 3. The Bertz CT molecular complexity index is 1650. The smallest absolute Gasteiger partial charge is 0.251 e. The topological polar surface area (TPSA) is 208 Å². The summed E-state index contributed by atoms with van der Waals surface area (Å²) in [6, 6.07) is 6.93. The number of methoxy groups -OCH3 is 1. The number of amides is 2. The first-order valence-corrected chi connectivity index (χ1v) is 14.3. The van der Waals surface area contributed by atoms with Crippen molar-refractivity contribution < 1.29 is 28.2 Å². The molecule has 2 aromatic heterocycles. The number of aromatic nitrogens is 3. The van der Waals surface area contributed by atoms with Crippen molar-refractivity contribution in [1.29, 1.82) is 0 Å². The largest absolute Gasteiger partial charge is 0.494 e. The van der Waals surface area contributed by atoms with Gasteiger partial charge in [0.1, 0.15) is 0 Å². The number of nitrogens with one attached hydrogen (secondary N) is 3. The quantitative estimate of drug-likeness (QED) is 0.0948. The molecule has 0 radical (unpaired) electrons. The number of aliphatic hydroxyl groups is 1. The van der Waals surface area contributed by atoms with Crippen LogP contribution >= 0.6 is 0 Å². The summed E-state index contributed by atoms with van der Waals surface area (Å²) < 4.78 is 35.6. The third-order valence-electron chi connectivity index (χ3n) is 7.12. The molecule has 15 heteroatoms. The zero-order chi connectivity index (χ0) is 32.5. The average Bonchev–Trinajstić information content (AvgIpc) is 3.48. The average molecular weight is 626 g/mol. The molecule has 45 heavy (non-hydrogen) atoms. The third-order valence-corrected chi connectivity index (χ3v) is 7.12. The number of unbranched alkanes of at least 4 members (excludes halogenated alkanes) is 1. The Kier molecular flexibility index (Phi) is 11.3. The molecule has 240 valence electrons. The minimum Gasteiger partial charge on any atom is -0.494 e. The zero-order valence-electron chi connectivity index (χ0n) is 24.7. The zero-order valence-corrected chi connectivity index (χ0v) is 24.7. The fourth-order valence-corrected chi connectivity index (χ4v) is 4.66. The lowest BCUT2D eigenvalue weighted by Gasteiger charge is -2.17. The normalized spacial score (nSPS) is 12.5. The number of carbonyl (C=O) groups excluding carboxylic acids is 2. The molecular formula is C30H37F2N9O4. The van der Waals surface area contributed by atoms with Gasteiger partial charge in [-0.15, -0.1) is 0 Å². The van der Waals surface area contributed by atoms with Crippen molar-refractivity contribution >= 4 is 29.0 Å². The first kappa shape index (κ1) is 33.2. The first-order valence-electron chi connectivity index (χ1n) is 14.3. The number of ether oxygens (including phenoxy) is 1. The molecule has 2 heterocycles. The summed E-state index contributed by atoms with van der Waals surface area (Å²) in [5.74, 6) is -2.91. The molecule has 2 atom stereocenters. The predicted octanol–water partition coefficient (Wildman–Crippen LogP) is 1.55. The van der Waals surface area contributed by atoms with Gasteiger partial charge >= 0.3 is 0 Å². The van der Waals surface area contributed by atoms with Gasteiger partial charge in [0.2, 0.25) is 11.7 Å². The molecule has 0 fully saturated rings. The molecule has 4 aromatic rings. The van der Waals surface area contributed by atoms with Gasteiger partial charge in [0.05, 0.1) is 31.1 Å². The van der Waals surface area contributed by atoms with Gasteiger partial charge in [-0.25, -0.2) is 14.4 Å². The molecule has 0 aliphatic rings. The number of carbonyl (C=O) groups is 2. The highest BCUT2D eigenvalue weighted by Crippen LogP contribution is 2.31. The number of hydrogen-bond donors (Lipinski definition) is 7. The number of benzene rings is 2. The van der Waals surface area contributed by atoms with Gasteiger partial charge < -0.3 is 43.0 Å². The van der Waals surface area contributed by atoms with E-state index in [4.69, 9.17) is 21.9 Å². The molecule has 10 N–H and O–H groups in total. The van der Waals surface area contributed by atoms with Crippen LogP contribution in [0.3, 0.4) is 0 Å². The first-order chi connectivity index (χ1) is 21.7. The summed E-state index contributed by atoms with van der Waals surface area (Å²) in [4.78, 5) is 33.7. The Balaban J connectivity index is 1.41. The van der Waals surface area contributed by atoms with Crippen molar-refractivity contribution in [3.63, 3.8) is 0 Å². The molecule has 2 amide bonds. The second-order valence-corrected chi connectivity index (χ2v) is 10.3. The number of halogens is 2. The van der Waals surface area contributed by atoms with E-state index < -0.39 is 29.7 Å². The fourth-order valence-electron chi connectivity index (χ4n) is 4.66. The highest BCUT2D eigenvalue weighted by atomic mass is 19.2. The second kappa shape index (κ2) is 15.3. The van der Waals surface area contributed by atoms with Gasteiger partial charge in [-0.3, -0.25) is 14.0 Å². The Labute approximate surface area is 258 Å². The molecule has 0 aliphatic heterocycles. The van der Waals surface area contributed by atoms with E-state index in [0.29, 0.717) is 46.9 Å². The number of imidazole rings is 1. The van der Waals surface area contributed by atoms with Gasteiger partial charge in [0.15, 0.2) is 23.0 Å². The Morgan fingerprint density at radius 2 is 1.84 bits per heavy atom. The maximum atomic E-state index is 14.8. The molecule has 4 rings (SSSR count). The number of rotatable bonds is 15. The number of fused-ring (bicyclic) bond motifs is 1.